The minimum atomic E-state index is -1.02. The maximum absolute atomic E-state index is 10.5. The van der Waals surface area contributed by atoms with E-state index in [2.05, 4.69) is 15.3 Å². The van der Waals surface area contributed by atoms with E-state index in [9.17, 15) is 9.59 Å². The Labute approximate surface area is 118 Å². The van der Waals surface area contributed by atoms with Gasteiger partial charge in [0.05, 0.1) is 10.7 Å². The number of hydrogen-bond donors (Lipinski definition) is 1. The summed E-state index contributed by atoms with van der Waals surface area (Å²) < 4.78 is 4.43. The number of ether oxygens (including phenoxy) is 1. The smallest absolute Gasteiger partial charge is 0.371 e. The van der Waals surface area contributed by atoms with Crippen molar-refractivity contribution < 1.29 is 14.3 Å². The number of anilines is 1. The predicted molar refractivity (Wildman–Crippen MR) is 70.4 cm³/mol. The molecule has 0 aliphatic heterocycles. The van der Waals surface area contributed by atoms with Crippen LogP contribution in [0.25, 0.3) is 0 Å². The van der Waals surface area contributed by atoms with Gasteiger partial charge in [0.25, 0.3) is 0 Å². The molecule has 96 valence electrons. The highest BCUT2D eigenvalue weighted by molar-refractivity contribution is 6.66. The van der Waals surface area contributed by atoms with Crippen LogP contribution in [0.3, 0.4) is 0 Å². The van der Waals surface area contributed by atoms with Gasteiger partial charge >= 0.3 is 5.97 Å². The van der Waals surface area contributed by atoms with Crippen molar-refractivity contribution in [1.82, 2.24) is 0 Å². The molecule has 0 amide bonds. The number of carbonyl (C=O) groups is 2. The van der Waals surface area contributed by atoms with Crippen LogP contribution in [-0.4, -0.2) is 24.0 Å². The van der Waals surface area contributed by atoms with Gasteiger partial charge in [-0.2, -0.15) is 5.10 Å². The molecule has 0 fully saturated rings. The Bertz CT molecular complexity index is 491. The second-order valence-corrected chi connectivity index (χ2v) is 4.23. The first-order chi connectivity index (χ1) is 8.52. The van der Waals surface area contributed by atoms with Crippen molar-refractivity contribution >= 4 is 57.9 Å². The van der Waals surface area contributed by atoms with Crippen molar-refractivity contribution in [2.45, 2.75) is 0 Å². The second-order valence-electron chi connectivity index (χ2n) is 2.95. The molecule has 0 aliphatic rings. The van der Waals surface area contributed by atoms with Crippen LogP contribution >= 0.6 is 34.8 Å². The summed E-state index contributed by atoms with van der Waals surface area (Å²) in [5, 5.41) is 4.51. The summed E-state index contributed by atoms with van der Waals surface area (Å²) in [6.07, 6.45) is 0.0354. The summed E-state index contributed by atoms with van der Waals surface area (Å²) in [6.45, 7) is -0.308. The number of hydrogen-bond acceptors (Lipinski definition) is 5. The van der Waals surface area contributed by atoms with E-state index in [0.29, 0.717) is 15.7 Å². The first-order valence-corrected chi connectivity index (χ1v) is 5.71. The molecule has 0 bridgehead atoms. The average Bonchev–Trinajstić information content (AvgIpc) is 2.34. The minimum Gasteiger partial charge on any atom is -0.453 e. The molecule has 0 atom stereocenters. The van der Waals surface area contributed by atoms with E-state index in [1.165, 1.54) is 6.07 Å². The van der Waals surface area contributed by atoms with Crippen molar-refractivity contribution in [3.63, 3.8) is 0 Å². The van der Waals surface area contributed by atoms with Crippen molar-refractivity contribution in [3.8, 4) is 0 Å². The van der Waals surface area contributed by atoms with Crippen LogP contribution in [0.15, 0.2) is 23.3 Å². The number of aldehydes is 1. The first kappa shape index (κ1) is 14.8. The van der Waals surface area contributed by atoms with Crippen LogP contribution in [0.2, 0.25) is 10.0 Å². The number of carbonyl (C=O) groups excluding carboxylic acids is 2. The van der Waals surface area contributed by atoms with Crippen molar-refractivity contribution in [3.05, 3.63) is 28.2 Å². The maximum atomic E-state index is 10.5. The summed E-state index contributed by atoms with van der Waals surface area (Å²) in [6, 6.07) is 4.75. The molecule has 0 heterocycles. The van der Waals surface area contributed by atoms with Gasteiger partial charge in [-0.25, -0.2) is 4.79 Å². The molecule has 1 aromatic carbocycles. The molecular weight excluding hydrogens is 302 g/mol. The third-order valence-electron chi connectivity index (χ3n) is 1.66. The molecule has 0 saturated heterocycles. The lowest BCUT2D eigenvalue weighted by atomic mass is 10.3. The highest BCUT2D eigenvalue weighted by Crippen LogP contribution is 2.25. The number of esters is 1. The zero-order valence-corrected chi connectivity index (χ0v) is 11.1. The molecule has 5 nitrogen and oxygen atoms in total. The van der Waals surface area contributed by atoms with Gasteiger partial charge in [-0.1, -0.05) is 34.8 Å². The zero-order valence-electron chi connectivity index (χ0n) is 8.82. The summed E-state index contributed by atoms with van der Waals surface area (Å²) in [7, 11) is 0. The largest absolute Gasteiger partial charge is 0.453 e. The fourth-order valence-corrected chi connectivity index (χ4v) is 1.45. The third kappa shape index (κ3) is 4.91. The number of benzene rings is 1. The Morgan fingerprint density at radius 1 is 1.44 bits per heavy atom. The SMILES string of the molecule is O=CC(=O)OC/C(Cl)=N/Nc1ccc(Cl)cc1Cl. The van der Waals surface area contributed by atoms with E-state index in [4.69, 9.17) is 34.8 Å². The van der Waals surface area contributed by atoms with Crippen molar-refractivity contribution in [1.29, 1.82) is 0 Å². The second kappa shape index (κ2) is 7.20. The Kier molecular flexibility index (Phi) is 5.91. The topological polar surface area (TPSA) is 67.8 Å². The van der Waals surface area contributed by atoms with E-state index in [-0.39, 0.29) is 18.1 Å². The number of nitrogens with zero attached hydrogens (tertiary/aromatic N) is 1. The van der Waals surface area contributed by atoms with Gasteiger partial charge < -0.3 is 4.74 Å². The summed E-state index contributed by atoms with van der Waals surface area (Å²) in [5.41, 5.74) is 3.05. The molecule has 1 N–H and O–H groups in total. The van der Waals surface area contributed by atoms with Crippen LogP contribution < -0.4 is 5.43 Å². The van der Waals surface area contributed by atoms with E-state index in [1.807, 2.05) is 0 Å². The van der Waals surface area contributed by atoms with Gasteiger partial charge in [0, 0.05) is 5.02 Å². The van der Waals surface area contributed by atoms with Gasteiger partial charge in [0.2, 0.25) is 6.29 Å². The van der Waals surface area contributed by atoms with Gasteiger partial charge in [-0.15, -0.1) is 0 Å². The van der Waals surface area contributed by atoms with Gasteiger partial charge in [0.15, 0.2) is 5.17 Å². The summed E-state index contributed by atoms with van der Waals surface area (Å²) >= 11 is 17.2. The fraction of sp³-hybridized carbons (Fsp3) is 0.100. The lowest BCUT2D eigenvalue weighted by molar-refractivity contribution is -0.147. The molecule has 8 heteroatoms. The highest BCUT2D eigenvalue weighted by atomic mass is 35.5. The quantitative estimate of drug-likeness (QED) is 0.298. The molecule has 0 spiro atoms. The van der Waals surface area contributed by atoms with Crippen molar-refractivity contribution in [2.24, 2.45) is 5.10 Å². The van der Waals surface area contributed by atoms with Gasteiger partial charge in [-0.3, -0.25) is 10.2 Å². The molecule has 0 radical (unpaired) electrons. The molecule has 18 heavy (non-hydrogen) atoms. The lowest BCUT2D eigenvalue weighted by Gasteiger charge is -2.04. The van der Waals surface area contributed by atoms with Gasteiger partial charge in [-0.05, 0) is 18.2 Å². The minimum absolute atomic E-state index is 0.0354. The molecule has 0 aromatic heterocycles. The van der Waals surface area contributed by atoms with Crippen LogP contribution in [-0.2, 0) is 14.3 Å². The predicted octanol–water partition coefficient (Wildman–Crippen LogP) is 2.70. The number of halogens is 3. The molecular formula is C10H7Cl3N2O3. The Morgan fingerprint density at radius 3 is 2.78 bits per heavy atom. The molecule has 1 aromatic rings. The van der Waals surface area contributed by atoms with Crippen LogP contribution in [0, 0.1) is 0 Å². The fourth-order valence-electron chi connectivity index (χ4n) is 0.898. The van der Waals surface area contributed by atoms with Crippen LogP contribution in [0.5, 0.6) is 0 Å². The summed E-state index contributed by atoms with van der Waals surface area (Å²) in [5.74, 6) is -1.02. The Balaban J connectivity index is 2.57. The maximum Gasteiger partial charge on any atom is 0.371 e. The lowest BCUT2D eigenvalue weighted by Crippen LogP contribution is -2.11. The normalized spacial score (nSPS) is 10.9. The molecule has 0 saturated carbocycles. The van der Waals surface area contributed by atoms with Crippen molar-refractivity contribution in [2.75, 3.05) is 12.0 Å². The monoisotopic (exact) mass is 308 g/mol. The van der Waals surface area contributed by atoms with E-state index >= 15 is 0 Å². The molecule has 0 unspecified atom stereocenters. The highest BCUT2D eigenvalue weighted by Gasteiger charge is 2.03. The zero-order chi connectivity index (χ0) is 13.5. The van der Waals surface area contributed by atoms with E-state index in [1.54, 1.807) is 12.1 Å². The standard InChI is InChI=1S/C10H7Cl3N2O3/c11-6-1-2-8(7(12)3-6)14-15-9(13)5-18-10(17)4-16/h1-4,14H,5H2/b15-9-. The van der Waals surface area contributed by atoms with Gasteiger partial charge in [0.1, 0.15) is 6.61 Å². The molecule has 1 rings (SSSR count). The van der Waals surface area contributed by atoms with E-state index in [0.717, 1.165) is 0 Å². The van der Waals surface area contributed by atoms with E-state index < -0.39 is 5.97 Å². The third-order valence-corrected chi connectivity index (χ3v) is 2.40. The number of nitrogens with one attached hydrogen (secondary N) is 1. The Morgan fingerprint density at radius 2 is 2.17 bits per heavy atom. The average molecular weight is 310 g/mol. The Hall–Kier alpha value is -1.30. The number of hydrazone groups is 1. The first-order valence-electron chi connectivity index (χ1n) is 4.58. The van der Waals surface area contributed by atoms with Crippen LogP contribution in [0.1, 0.15) is 0 Å². The molecule has 0 aliphatic carbocycles. The summed E-state index contributed by atoms with van der Waals surface area (Å²) in [4.78, 5) is 20.5. The van der Waals surface area contributed by atoms with Crippen LogP contribution in [0.4, 0.5) is 5.69 Å². The number of rotatable bonds is 5.